The van der Waals surface area contributed by atoms with Gasteiger partial charge in [-0.2, -0.15) is 11.8 Å². The highest BCUT2D eigenvalue weighted by atomic mass is 32.2. The zero-order chi connectivity index (χ0) is 19.9. The molecule has 0 aliphatic heterocycles. The number of thioether (sulfide) groups is 1. The Morgan fingerprint density at radius 2 is 1.96 bits per heavy atom. The lowest BCUT2D eigenvalue weighted by molar-refractivity contribution is -0.141. The fourth-order valence-corrected chi connectivity index (χ4v) is 3.96. The molecule has 1 saturated carbocycles. The van der Waals surface area contributed by atoms with E-state index in [4.69, 9.17) is 0 Å². The fraction of sp³-hybridized carbons (Fsp3) is 0.455. The number of aliphatic carboxylic acids is 1. The lowest BCUT2D eigenvalue weighted by Crippen LogP contribution is -2.42. The minimum Gasteiger partial charge on any atom is -0.480 e. The van der Waals surface area contributed by atoms with Gasteiger partial charge < -0.3 is 10.4 Å². The summed E-state index contributed by atoms with van der Waals surface area (Å²) in [4.78, 5) is 26.0. The lowest BCUT2D eigenvalue weighted by Gasteiger charge is -2.23. The molecule has 150 valence electrons. The van der Waals surface area contributed by atoms with Crippen molar-refractivity contribution in [2.45, 2.75) is 44.3 Å². The Morgan fingerprint density at radius 3 is 2.68 bits per heavy atom. The van der Waals surface area contributed by atoms with Crippen LogP contribution < -0.4 is 5.32 Å². The van der Waals surface area contributed by atoms with E-state index in [9.17, 15) is 14.7 Å². The van der Waals surface area contributed by atoms with Gasteiger partial charge in [0.25, 0.3) is 0 Å². The monoisotopic (exact) mass is 400 g/mol. The van der Waals surface area contributed by atoms with Crippen LogP contribution in [-0.2, 0) is 16.1 Å². The second-order valence-corrected chi connectivity index (χ2v) is 8.32. The molecule has 5 nitrogen and oxygen atoms in total. The first-order valence-corrected chi connectivity index (χ1v) is 11.2. The van der Waals surface area contributed by atoms with Crippen molar-refractivity contribution in [2.24, 2.45) is 0 Å². The maximum absolute atomic E-state index is 12.3. The maximum atomic E-state index is 12.3. The third-order valence-corrected chi connectivity index (χ3v) is 5.83. The number of nitrogens with zero attached hydrogens (tertiary/aromatic N) is 1. The molecular formula is C22H28N2O3S. The van der Waals surface area contributed by atoms with Crippen LogP contribution in [0, 0.1) is 0 Å². The van der Waals surface area contributed by atoms with E-state index in [1.54, 1.807) is 11.8 Å². The molecule has 2 N–H and O–H groups in total. The molecule has 0 bridgehead atoms. The SMILES string of the molecule is CSCCC(NC(=O)CCN(Cc1cccc2ccccc12)C1CC1)C(=O)O. The van der Waals surface area contributed by atoms with Crippen molar-refractivity contribution in [2.75, 3.05) is 18.6 Å². The van der Waals surface area contributed by atoms with E-state index in [2.05, 4.69) is 46.6 Å². The molecule has 1 amide bonds. The summed E-state index contributed by atoms with van der Waals surface area (Å²) in [6.45, 7) is 1.46. The summed E-state index contributed by atoms with van der Waals surface area (Å²) >= 11 is 1.58. The molecule has 0 saturated heterocycles. The first-order chi connectivity index (χ1) is 13.6. The summed E-state index contributed by atoms with van der Waals surface area (Å²) in [6.07, 6.45) is 5.03. The van der Waals surface area contributed by atoms with Crippen LogP contribution in [0.2, 0.25) is 0 Å². The minimum absolute atomic E-state index is 0.183. The summed E-state index contributed by atoms with van der Waals surface area (Å²) < 4.78 is 0. The molecule has 0 heterocycles. The maximum Gasteiger partial charge on any atom is 0.326 e. The van der Waals surface area contributed by atoms with E-state index in [-0.39, 0.29) is 5.91 Å². The fourth-order valence-electron chi connectivity index (χ4n) is 3.48. The largest absolute Gasteiger partial charge is 0.480 e. The van der Waals surface area contributed by atoms with Crippen molar-refractivity contribution >= 4 is 34.4 Å². The number of carbonyl (C=O) groups excluding carboxylic acids is 1. The van der Waals surface area contributed by atoms with E-state index in [0.29, 0.717) is 31.2 Å². The molecule has 2 aromatic carbocycles. The first kappa shape index (κ1) is 20.7. The van der Waals surface area contributed by atoms with Crippen LogP contribution in [0.5, 0.6) is 0 Å². The molecule has 3 rings (SSSR count). The summed E-state index contributed by atoms with van der Waals surface area (Å²) in [5, 5.41) is 14.4. The van der Waals surface area contributed by atoms with Crippen molar-refractivity contribution in [3.8, 4) is 0 Å². The van der Waals surface area contributed by atoms with Crippen molar-refractivity contribution in [3.63, 3.8) is 0 Å². The zero-order valence-electron chi connectivity index (χ0n) is 16.3. The average Bonchev–Trinajstić information content (AvgIpc) is 3.53. The summed E-state index contributed by atoms with van der Waals surface area (Å²) in [5.74, 6) is -0.429. The van der Waals surface area contributed by atoms with Crippen LogP contribution in [0.1, 0.15) is 31.2 Å². The van der Waals surface area contributed by atoms with Gasteiger partial charge in [0.1, 0.15) is 6.04 Å². The van der Waals surface area contributed by atoms with Crippen molar-refractivity contribution in [1.29, 1.82) is 0 Å². The molecular weight excluding hydrogens is 372 g/mol. The number of rotatable bonds is 11. The van der Waals surface area contributed by atoms with Crippen molar-refractivity contribution in [1.82, 2.24) is 10.2 Å². The predicted molar refractivity (Wildman–Crippen MR) is 115 cm³/mol. The van der Waals surface area contributed by atoms with Gasteiger partial charge in [-0.15, -0.1) is 0 Å². The minimum atomic E-state index is -0.961. The number of hydrogen-bond acceptors (Lipinski definition) is 4. The van der Waals surface area contributed by atoms with E-state index in [1.165, 1.54) is 16.3 Å². The van der Waals surface area contributed by atoms with Gasteiger partial charge in [-0.05, 0) is 47.6 Å². The van der Waals surface area contributed by atoms with Gasteiger partial charge in [-0.1, -0.05) is 42.5 Å². The molecule has 1 aliphatic rings. The van der Waals surface area contributed by atoms with Gasteiger partial charge in [0.15, 0.2) is 0 Å². The summed E-state index contributed by atoms with van der Waals surface area (Å²) in [7, 11) is 0. The highest BCUT2D eigenvalue weighted by Gasteiger charge is 2.29. The van der Waals surface area contributed by atoms with E-state index >= 15 is 0 Å². The number of carbonyl (C=O) groups is 2. The Balaban J connectivity index is 1.59. The summed E-state index contributed by atoms with van der Waals surface area (Å²) in [5.41, 5.74) is 1.27. The first-order valence-electron chi connectivity index (χ1n) is 9.80. The van der Waals surface area contributed by atoms with Gasteiger partial charge in [0.2, 0.25) is 5.91 Å². The number of benzene rings is 2. The van der Waals surface area contributed by atoms with Crippen LogP contribution in [0.25, 0.3) is 10.8 Å². The van der Waals surface area contributed by atoms with Gasteiger partial charge in [-0.3, -0.25) is 9.69 Å². The van der Waals surface area contributed by atoms with Crippen LogP contribution in [0.15, 0.2) is 42.5 Å². The van der Waals surface area contributed by atoms with Crippen molar-refractivity contribution in [3.05, 3.63) is 48.0 Å². The summed E-state index contributed by atoms with van der Waals surface area (Å²) in [6, 6.07) is 14.5. The number of fused-ring (bicyclic) bond motifs is 1. The molecule has 1 fully saturated rings. The van der Waals surface area contributed by atoms with Crippen LogP contribution >= 0.6 is 11.8 Å². The van der Waals surface area contributed by atoms with Crippen LogP contribution in [0.3, 0.4) is 0 Å². The number of amides is 1. The molecule has 28 heavy (non-hydrogen) atoms. The second kappa shape index (κ2) is 9.94. The van der Waals surface area contributed by atoms with Gasteiger partial charge in [-0.25, -0.2) is 4.79 Å². The molecule has 0 radical (unpaired) electrons. The highest BCUT2D eigenvalue weighted by Crippen LogP contribution is 2.30. The van der Waals surface area contributed by atoms with Gasteiger partial charge >= 0.3 is 5.97 Å². The molecule has 6 heteroatoms. The second-order valence-electron chi connectivity index (χ2n) is 7.33. The lowest BCUT2D eigenvalue weighted by atomic mass is 10.0. The number of hydrogen-bond donors (Lipinski definition) is 2. The highest BCUT2D eigenvalue weighted by molar-refractivity contribution is 7.98. The standard InChI is InChI=1S/C22H28N2O3S/c1-28-14-12-20(22(26)27)23-21(25)11-13-24(18-9-10-18)15-17-7-4-6-16-5-2-3-8-19(16)17/h2-8,18,20H,9-15H2,1H3,(H,23,25)(H,26,27). The molecule has 2 aromatic rings. The Morgan fingerprint density at radius 1 is 1.21 bits per heavy atom. The average molecular weight is 401 g/mol. The topological polar surface area (TPSA) is 69.6 Å². The smallest absolute Gasteiger partial charge is 0.326 e. The van der Waals surface area contributed by atoms with Crippen LogP contribution in [-0.4, -0.2) is 52.5 Å². The third kappa shape index (κ3) is 5.72. The molecule has 0 aromatic heterocycles. The number of carboxylic acid groups (broad SMARTS) is 1. The molecule has 1 atom stereocenters. The molecule has 1 unspecified atom stereocenters. The van der Waals surface area contributed by atoms with Gasteiger partial charge in [0.05, 0.1) is 0 Å². The van der Waals surface area contributed by atoms with Gasteiger partial charge in [0, 0.05) is 25.6 Å². The van der Waals surface area contributed by atoms with E-state index in [1.807, 2.05) is 12.3 Å². The number of carboxylic acids is 1. The third-order valence-electron chi connectivity index (χ3n) is 5.19. The van der Waals surface area contributed by atoms with Crippen LogP contribution in [0.4, 0.5) is 0 Å². The van der Waals surface area contributed by atoms with E-state index in [0.717, 1.165) is 19.4 Å². The Labute approximate surface area is 170 Å². The zero-order valence-corrected chi connectivity index (χ0v) is 17.1. The van der Waals surface area contributed by atoms with Crippen molar-refractivity contribution < 1.29 is 14.7 Å². The Bertz CT molecular complexity index is 817. The molecule has 0 spiro atoms. The predicted octanol–water partition coefficient (Wildman–Crippen LogP) is 3.52. The number of nitrogens with one attached hydrogen (secondary N) is 1. The quantitative estimate of drug-likeness (QED) is 0.604. The normalized spacial score (nSPS) is 14.9. The molecule has 1 aliphatic carbocycles. The Hall–Kier alpha value is -2.05. The van der Waals surface area contributed by atoms with E-state index < -0.39 is 12.0 Å². The Kier molecular flexibility index (Phi) is 7.34.